The Balaban J connectivity index is 1.39. The minimum atomic E-state index is 0.156. The van der Waals surface area contributed by atoms with E-state index in [9.17, 15) is 4.79 Å². The topological polar surface area (TPSA) is 75.9 Å². The summed E-state index contributed by atoms with van der Waals surface area (Å²) in [5.74, 6) is 2.86. The van der Waals surface area contributed by atoms with Crippen molar-refractivity contribution in [1.82, 2.24) is 25.1 Å². The summed E-state index contributed by atoms with van der Waals surface area (Å²) in [6.45, 7) is 5.42. The number of nitrogens with one attached hydrogen (secondary N) is 1. The van der Waals surface area contributed by atoms with Crippen molar-refractivity contribution < 1.29 is 4.79 Å². The van der Waals surface area contributed by atoms with Gasteiger partial charge in [-0.25, -0.2) is 14.6 Å². The number of rotatable bonds is 9. The van der Waals surface area contributed by atoms with E-state index in [2.05, 4.69) is 22.2 Å². The van der Waals surface area contributed by atoms with E-state index in [-0.39, 0.29) is 5.91 Å². The normalized spacial score (nSPS) is 17.5. The summed E-state index contributed by atoms with van der Waals surface area (Å²) in [6.07, 6.45) is 11.2. The Labute approximate surface area is 177 Å². The lowest BCUT2D eigenvalue weighted by Crippen LogP contribution is -2.27. The standard InChI is InChI=1S/C21H32N6OS/c1-2-29-21-24-19(26-12-5-6-13-26)17-15-23-27(20(17)25-21)14-11-22-18(28)10-9-16-7-3-4-8-16/h15-16H,2-14H2,1H3,(H,22,28). The predicted molar refractivity (Wildman–Crippen MR) is 117 cm³/mol. The van der Waals surface area contributed by atoms with Crippen LogP contribution in [0.5, 0.6) is 0 Å². The maximum Gasteiger partial charge on any atom is 0.220 e. The zero-order valence-electron chi connectivity index (χ0n) is 17.4. The third-order valence-electron chi connectivity index (χ3n) is 6.03. The lowest BCUT2D eigenvalue weighted by atomic mass is 10.0. The Morgan fingerprint density at radius 1 is 1.21 bits per heavy atom. The van der Waals surface area contributed by atoms with Crippen molar-refractivity contribution in [3.05, 3.63) is 6.20 Å². The molecule has 0 spiro atoms. The molecule has 2 aromatic rings. The van der Waals surface area contributed by atoms with Gasteiger partial charge in [-0.1, -0.05) is 44.4 Å². The molecule has 0 atom stereocenters. The van der Waals surface area contributed by atoms with Crippen molar-refractivity contribution >= 4 is 34.5 Å². The van der Waals surface area contributed by atoms with Crippen molar-refractivity contribution in [2.24, 2.45) is 5.92 Å². The number of nitrogens with zero attached hydrogens (tertiary/aromatic N) is 5. The minimum Gasteiger partial charge on any atom is -0.356 e. The number of anilines is 1. The number of carbonyl (C=O) groups is 1. The molecule has 29 heavy (non-hydrogen) atoms. The van der Waals surface area contributed by atoms with Crippen molar-refractivity contribution in [1.29, 1.82) is 0 Å². The number of amides is 1. The summed E-state index contributed by atoms with van der Waals surface area (Å²) in [5, 5.41) is 9.44. The van der Waals surface area contributed by atoms with Gasteiger partial charge in [0.15, 0.2) is 10.8 Å². The van der Waals surface area contributed by atoms with Crippen LogP contribution in [0.15, 0.2) is 11.4 Å². The van der Waals surface area contributed by atoms with Crippen LogP contribution >= 0.6 is 11.8 Å². The van der Waals surface area contributed by atoms with Gasteiger partial charge in [-0.3, -0.25) is 4.79 Å². The van der Waals surface area contributed by atoms with Crippen LogP contribution < -0.4 is 10.2 Å². The first-order chi connectivity index (χ1) is 14.2. The molecule has 0 radical (unpaired) electrons. The summed E-state index contributed by atoms with van der Waals surface area (Å²) < 4.78 is 1.91. The number of hydrogen-bond acceptors (Lipinski definition) is 6. The van der Waals surface area contributed by atoms with Gasteiger partial charge in [0.05, 0.1) is 18.1 Å². The summed E-state index contributed by atoms with van der Waals surface area (Å²) in [7, 11) is 0. The lowest BCUT2D eigenvalue weighted by molar-refractivity contribution is -0.121. The quantitative estimate of drug-likeness (QED) is 0.497. The number of aromatic nitrogens is 4. The molecule has 4 rings (SSSR count). The van der Waals surface area contributed by atoms with Crippen molar-refractivity contribution in [2.75, 3.05) is 30.3 Å². The molecule has 0 bridgehead atoms. The van der Waals surface area contributed by atoms with Crippen LogP contribution in [-0.4, -0.2) is 51.0 Å². The molecule has 7 nitrogen and oxygen atoms in total. The third-order valence-corrected chi connectivity index (χ3v) is 6.76. The maximum absolute atomic E-state index is 12.2. The van der Waals surface area contributed by atoms with E-state index in [0.717, 1.165) is 53.2 Å². The molecule has 2 aromatic heterocycles. The third kappa shape index (κ3) is 5.02. The van der Waals surface area contributed by atoms with Crippen LogP contribution in [0.2, 0.25) is 0 Å². The van der Waals surface area contributed by atoms with Gasteiger partial charge in [0.1, 0.15) is 5.82 Å². The summed E-state index contributed by atoms with van der Waals surface area (Å²) in [4.78, 5) is 24.1. The van der Waals surface area contributed by atoms with E-state index in [1.165, 1.54) is 38.5 Å². The number of thioether (sulfide) groups is 1. The molecule has 2 aliphatic rings. The lowest BCUT2D eigenvalue weighted by Gasteiger charge is -2.17. The molecule has 8 heteroatoms. The summed E-state index contributed by atoms with van der Waals surface area (Å²) in [6, 6.07) is 0. The van der Waals surface area contributed by atoms with Crippen LogP contribution in [-0.2, 0) is 11.3 Å². The van der Waals surface area contributed by atoms with Gasteiger partial charge in [-0.15, -0.1) is 0 Å². The fourth-order valence-corrected chi connectivity index (χ4v) is 5.03. The highest BCUT2D eigenvalue weighted by Gasteiger charge is 2.21. The van der Waals surface area contributed by atoms with E-state index >= 15 is 0 Å². The minimum absolute atomic E-state index is 0.156. The monoisotopic (exact) mass is 416 g/mol. The highest BCUT2D eigenvalue weighted by atomic mass is 32.2. The Kier molecular flexibility index (Phi) is 6.90. The molecule has 3 heterocycles. The van der Waals surface area contributed by atoms with Crippen LogP contribution in [0.3, 0.4) is 0 Å². The highest BCUT2D eigenvalue weighted by molar-refractivity contribution is 7.99. The second kappa shape index (κ2) is 9.78. The molecular weight excluding hydrogens is 384 g/mol. The molecule has 1 aliphatic heterocycles. The first-order valence-corrected chi connectivity index (χ1v) is 12.1. The molecular formula is C21H32N6OS. The maximum atomic E-state index is 12.2. The van der Waals surface area contributed by atoms with Crippen LogP contribution in [0.1, 0.15) is 58.3 Å². The van der Waals surface area contributed by atoms with E-state index in [1.54, 1.807) is 11.8 Å². The molecule has 1 amide bonds. The van der Waals surface area contributed by atoms with Crippen LogP contribution in [0.25, 0.3) is 11.0 Å². The number of hydrogen-bond donors (Lipinski definition) is 1. The van der Waals surface area contributed by atoms with E-state index < -0.39 is 0 Å². The van der Waals surface area contributed by atoms with E-state index in [0.29, 0.717) is 19.5 Å². The second-order valence-electron chi connectivity index (χ2n) is 8.10. The summed E-state index contributed by atoms with van der Waals surface area (Å²) >= 11 is 1.66. The van der Waals surface area contributed by atoms with Crippen molar-refractivity contribution in [3.63, 3.8) is 0 Å². The molecule has 0 aromatic carbocycles. The molecule has 0 unspecified atom stereocenters. The Bertz CT molecular complexity index is 826. The zero-order chi connectivity index (χ0) is 20.1. The van der Waals surface area contributed by atoms with Gasteiger partial charge >= 0.3 is 0 Å². The van der Waals surface area contributed by atoms with Gasteiger partial charge in [0.25, 0.3) is 0 Å². The number of carbonyl (C=O) groups excluding carboxylic acids is 1. The SMILES string of the molecule is CCSc1nc(N2CCCC2)c2cnn(CCNC(=O)CCC3CCCC3)c2n1. The fraction of sp³-hybridized carbons (Fsp3) is 0.714. The second-order valence-corrected chi connectivity index (χ2v) is 9.33. The van der Waals surface area contributed by atoms with Crippen molar-refractivity contribution in [2.45, 2.75) is 70.0 Å². The molecule has 1 saturated carbocycles. The number of fused-ring (bicyclic) bond motifs is 1. The molecule has 2 fully saturated rings. The first kappa shape index (κ1) is 20.4. The predicted octanol–water partition coefficient (Wildman–Crippen LogP) is 3.63. The molecule has 1 saturated heterocycles. The van der Waals surface area contributed by atoms with E-state index in [1.807, 2.05) is 10.9 Å². The first-order valence-electron chi connectivity index (χ1n) is 11.1. The van der Waals surface area contributed by atoms with Crippen molar-refractivity contribution in [3.8, 4) is 0 Å². The largest absolute Gasteiger partial charge is 0.356 e. The summed E-state index contributed by atoms with van der Waals surface area (Å²) in [5.41, 5.74) is 0.873. The average Bonchev–Trinajstić information content (AvgIpc) is 3.48. The van der Waals surface area contributed by atoms with Crippen LogP contribution in [0, 0.1) is 5.92 Å². The Hall–Kier alpha value is -1.83. The van der Waals surface area contributed by atoms with Gasteiger partial charge in [0, 0.05) is 26.1 Å². The van der Waals surface area contributed by atoms with Gasteiger partial charge in [-0.2, -0.15) is 5.10 Å². The Morgan fingerprint density at radius 3 is 2.76 bits per heavy atom. The van der Waals surface area contributed by atoms with Crippen LogP contribution in [0.4, 0.5) is 5.82 Å². The average molecular weight is 417 g/mol. The smallest absolute Gasteiger partial charge is 0.220 e. The van der Waals surface area contributed by atoms with E-state index in [4.69, 9.17) is 9.97 Å². The van der Waals surface area contributed by atoms with Gasteiger partial charge in [-0.05, 0) is 30.9 Å². The fourth-order valence-electron chi connectivity index (χ4n) is 4.47. The van der Waals surface area contributed by atoms with Gasteiger partial charge < -0.3 is 10.2 Å². The Morgan fingerprint density at radius 2 is 2.00 bits per heavy atom. The molecule has 158 valence electrons. The van der Waals surface area contributed by atoms with Gasteiger partial charge in [0.2, 0.25) is 5.91 Å². The molecule has 1 aliphatic carbocycles. The highest BCUT2D eigenvalue weighted by Crippen LogP contribution is 2.30. The molecule has 1 N–H and O–H groups in total. The zero-order valence-corrected chi connectivity index (χ0v) is 18.2.